The summed E-state index contributed by atoms with van der Waals surface area (Å²) < 4.78 is 38.1. The maximum Gasteiger partial charge on any atom is 0.293 e. The van der Waals surface area contributed by atoms with Gasteiger partial charge in [-0.2, -0.15) is 4.31 Å². The summed E-state index contributed by atoms with van der Waals surface area (Å²) in [5.41, 5.74) is 1.97. The number of nitrogens with one attached hydrogen (secondary N) is 1. The molecule has 3 aromatic rings. The number of nitrogens with zero attached hydrogens (tertiary/aromatic N) is 2. The fraction of sp³-hybridized carbons (Fsp3) is 0.280. The van der Waals surface area contributed by atoms with Crippen molar-refractivity contribution in [3.05, 3.63) is 77.7 Å². The molecule has 9 nitrogen and oxygen atoms in total. The highest BCUT2D eigenvalue weighted by Crippen LogP contribution is 2.24. The SMILES string of the molecule is CCN(C(=O)c1ccco1)c1ccc(NC(=O)c2ccc(C)c(S(=O)(=O)N3CCOCC3)c2)cc1. The van der Waals surface area contributed by atoms with E-state index in [0.717, 1.165) is 0 Å². The van der Waals surface area contributed by atoms with Crippen LogP contribution >= 0.6 is 0 Å². The molecule has 0 atom stereocenters. The van der Waals surface area contributed by atoms with Crippen molar-refractivity contribution in [2.24, 2.45) is 0 Å². The van der Waals surface area contributed by atoms with E-state index in [1.807, 2.05) is 6.92 Å². The lowest BCUT2D eigenvalue weighted by Crippen LogP contribution is -2.40. The first-order chi connectivity index (χ1) is 16.8. The second kappa shape index (κ2) is 10.4. The topological polar surface area (TPSA) is 109 Å². The van der Waals surface area contributed by atoms with Crippen molar-refractivity contribution in [2.45, 2.75) is 18.7 Å². The van der Waals surface area contributed by atoms with Gasteiger partial charge in [-0.05, 0) is 67.9 Å². The Morgan fingerprint density at radius 1 is 1.06 bits per heavy atom. The summed E-state index contributed by atoms with van der Waals surface area (Å²) in [5.74, 6) is -0.454. The van der Waals surface area contributed by atoms with Crippen LogP contribution in [0.3, 0.4) is 0 Å². The number of benzene rings is 2. The highest BCUT2D eigenvalue weighted by molar-refractivity contribution is 7.89. The molecule has 1 saturated heterocycles. The number of carbonyl (C=O) groups excluding carboxylic acids is 2. The van der Waals surface area contributed by atoms with Gasteiger partial charge < -0.3 is 19.4 Å². The number of sulfonamides is 1. The second-order valence-corrected chi connectivity index (χ2v) is 9.93. The van der Waals surface area contributed by atoms with Crippen molar-refractivity contribution in [1.82, 2.24) is 4.31 Å². The molecule has 0 spiro atoms. The molecule has 0 aliphatic carbocycles. The summed E-state index contributed by atoms with van der Waals surface area (Å²) in [6.07, 6.45) is 1.45. The summed E-state index contributed by atoms with van der Waals surface area (Å²) in [5, 5.41) is 2.79. The lowest BCUT2D eigenvalue weighted by Gasteiger charge is -2.26. The minimum Gasteiger partial charge on any atom is -0.459 e. The van der Waals surface area contributed by atoms with Crippen LogP contribution in [0.2, 0.25) is 0 Å². The van der Waals surface area contributed by atoms with Gasteiger partial charge in [-0.3, -0.25) is 9.59 Å². The molecular formula is C25H27N3O6S. The molecule has 0 unspecified atom stereocenters. The molecule has 0 saturated carbocycles. The third kappa shape index (κ3) is 5.29. The molecule has 2 heterocycles. The van der Waals surface area contributed by atoms with Crippen LogP contribution in [-0.4, -0.2) is 57.4 Å². The summed E-state index contributed by atoms with van der Waals surface area (Å²) in [7, 11) is -3.74. The van der Waals surface area contributed by atoms with Gasteiger partial charge in [0.25, 0.3) is 11.8 Å². The fourth-order valence-electron chi connectivity index (χ4n) is 3.85. The molecule has 0 radical (unpaired) electrons. The van der Waals surface area contributed by atoms with Gasteiger partial charge in [0.1, 0.15) is 0 Å². The number of rotatable bonds is 7. The van der Waals surface area contributed by atoms with Crippen LogP contribution in [0.5, 0.6) is 0 Å². The molecule has 2 aromatic carbocycles. The largest absolute Gasteiger partial charge is 0.459 e. The first-order valence-electron chi connectivity index (χ1n) is 11.3. The number of carbonyl (C=O) groups is 2. The molecular weight excluding hydrogens is 470 g/mol. The van der Waals surface area contributed by atoms with Gasteiger partial charge in [-0.15, -0.1) is 0 Å². The summed E-state index contributed by atoms with van der Waals surface area (Å²) >= 11 is 0. The smallest absolute Gasteiger partial charge is 0.293 e. The monoisotopic (exact) mass is 497 g/mol. The number of furan rings is 1. The van der Waals surface area contributed by atoms with Crippen molar-refractivity contribution in [3.63, 3.8) is 0 Å². The van der Waals surface area contributed by atoms with Gasteiger partial charge >= 0.3 is 0 Å². The number of morpholine rings is 1. The normalized spacial score (nSPS) is 14.5. The lowest BCUT2D eigenvalue weighted by molar-refractivity contribution is 0.0730. The Morgan fingerprint density at radius 3 is 2.40 bits per heavy atom. The molecule has 184 valence electrons. The third-order valence-electron chi connectivity index (χ3n) is 5.77. The highest BCUT2D eigenvalue weighted by atomic mass is 32.2. The minimum absolute atomic E-state index is 0.109. The number of anilines is 2. The fourth-order valence-corrected chi connectivity index (χ4v) is 5.51. The van der Waals surface area contributed by atoms with Crippen LogP contribution in [0.15, 0.2) is 70.2 Å². The van der Waals surface area contributed by atoms with E-state index in [-0.39, 0.29) is 35.2 Å². The first-order valence-corrected chi connectivity index (χ1v) is 12.7. The van der Waals surface area contributed by atoms with E-state index in [9.17, 15) is 18.0 Å². The first kappa shape index (κ1) is 24.6. The van der Waals surface area contributed by atoms with Crippen LogP contribution < -0.4 is 10.2 Å². The zero-order valence-electron chi connectivity index (χ0n) is 19.6. The van der Waals surface area contributed by atoms with Crippen LogP contribution in [0, 0.1) is 6.92 Å². The Hall–Kier alpha value is -3.47. The number of ether oxygens (including phenoxy) is 1. The predicted molar refractivity (Wildman–Crippen MR) is 131 cm³/mol. The third-order valence-corrected chi connectivity index (χ3v) is 7.81. The van der Waals surface area contributed by atoms with E-state index >= 15 is 0 Å². The van der Waals surface area contributed by atoms with Crippen molar-refractivity contribution in [1.29, 1.82) is 0 Å². The predicted octanol–water partition coefficient (Wildman–Crippen LogP) is 3.53. The maximum absolute atomic E-state index is 13.1. The van der Waals surface area contributed by atoms with E-state index in [0.29, 0.717) is 36.7 Å². The summed E-state index contributed by atoms with van der Waals surface area (Å²) in [6.45, 7) is 5.25. The van der Waals surface area contributed by atoms with Crippen LogP contribution in [0.1, 0.15) is 33.4 Å². The van der Waals surface area contributed by atoms with Gasteiger partial charge in [0.15, 0.2) is 5.76 Å². The molecule has 0 bridgehead atoms. The average Bonchev–Trinajstić information content (AvgIpc) is 3.41. The molecule has 1 fully saturated rings. The van der Waals surface area contributed by atoms with E-state index < -0.39 is 15.9 Å². The molecule has 35 heavy (non-hydrogen) atoms. The van der Waals surface area contributed by atoms with Gasteiger partial charge in [-0.1, -0.05) is 6.07 Å². The molecule has 1 N–H and O–H groups in total. The second-order valence-electron chi connectivity index (χ2n) is 8.02. The Bertz CT molecular complexity index is 1300. The lowest BCUT2D eigenvalue weighted by atomic mass is 10.1. The minimum atomic E-state index is -3.74. The van der Waals surface area contributed by atoms with E-state index in [4.69, 9.17) is 9.15 Å². The van der Waals surface area contributed by atoms with Gasteiger partial charge in [-0.25, -0.2) is 8.42 Å². The Balaban J connectivity index is 1.50. The number of hydrogen-bond acceptors (Lipinski definition) is 6. The van der Waals surface area contributed by atoms with Crippen molar-refractivity contribution < 1.29 is 27.2 Å². The van der Waals surface area contributed by atoms with E-state index in [1.54, 1.807) is 60.4 Å². The Labute approximate surface area is 204 Å². The molecule has 10 heteroatoms. The maximum atomic E-state index is 13.1. The molecule has 1 aromatic heterocycles. The summed E-state index contributed by atoms with van der Waals surface area (Å²) in [6, 6.07) is 14.7. The van der Waals surface area contributed by atoms with E-state index in [2.05, 4.69) is 5.32 Å². The van der Waals surface area contributed by atoms with E-state index in [1.165, 1.54) is 16.6 Å². The standard InChI is InChI=1S/C25H27N3O6S/c1-3-28(25(30)22-5-4-14-34-22)21-10-8-20(9-11-21)26-24(29)19-7-6-18(2)23(17-19)35(31,32)27-12-15-33-16-13-27/h4-11,14,17H,3,12-13,15-16H2,1-2H3,(H,26,29). The highest BCUT2D eigenvalue weighted by Gasteiger charge is 2.28. The average molecular weight is 498 g/mol. The van der Waals surface area contributed by atoms with Crippen molar-refractivity contribution >= 4 is 33.2 Å². The quantitative estimate of drug-likeness (QED) is 0.535. The van der Waals surface area contributed by atoms with Gasteiger partial charge in [0.2, 0.25) is 10.0 Å². The zero-order valence-corrected chi connectivity index (χ0v) is 20.4. The molecule has 1 aliphatic heterocycles. The molecule has 1 aliphatic rings. The zero-order chi connectivity index (χ0) is 25.0. The van der Waals surface area contributed by atoms with Crippen molar-refractivity contribution in [2.75, 3.05) is 43.1 Å². The van der Waals surface area contributed by atoms with Gasteiger partial charge in [0.05, 0.1) is 24.4 Å². The number of aryl methyl sites for hydroxylation is 1. The number of hydrogen-bond donors (Lipinski definition) is 1. The number of amides is 2. The molecule has 4 rings (SSSR count). The Kier molecular flexibility index (Phi) is 7.34. The van der Waals surface area contributed by atoms with Gasteiger partial charge in [0, 0.05) is 36.6 Å². The molecule has 2 amide bonds. The summed E-state index contributed by atoms with van der Waals surface area (Å²) in [4.78, 5) is 27.2. The van der Waals surface area contributed by atoms with Crippen LogP contribution in [0.25, 0.3) is 0 Å². The Morgan fingerprint density at radius 2 is 1.77 bits per heavy atom. The van der Waals surface area contributed by atoms with Crippen LogP contribution in [-0.2, 0) is 14.8 Å². The van der Waals surface area contributed by atoms with Crippen molar-refractivity contribution in [3.8, 4) is 0 Å². The van der Waals surface area contributed by atoms with Crippen LogP contribution in [0.4, 0.5) is 11.4 Å².